The first-order valence-corrected chi connectivity index (χ1v) is 7.50. The minimum atomic E-state index is -0.121. The van der Waals surface area contributed by atoms with Gasteiger partial charge in [-0.05, 0) is 59.9 Å². The number of fused-ring (bicyclic) bond motifs is 1. The van der Waals surface area contributed by atoms with Gasteiger partial charge >= 0.3 is 0 Å². The molecule has 2 aromatic carbocycles. The largest absolute Gasteiger partial charge is 0.396 e. The van der Waals surface area contributed by atoms with Crippen molar-refractivity contribution in [1.29, 1.82) is 0 Å². The Hall–Kier alpha value is -2.10. The van der Waals surface area contributed by atoms with Gasteiger partial charge in [-0.1, -0.05) is 23.7 Å². The third kappa shape index (κ3) is 2.65. The highest BCUT2D eigenvalue weighted by Gasteiger charge is 2.13. The average molecular weight is 314 g/mol. The number of aliphatic hydroxyl groups excluding tert-OH is 1. The van der Waals surface area contributed by atoms with E-state index in [1.165, 1.54) is 6.07 Å². The summed E-state index contributed by atoms with van der Waals surface area (Å²) in [5.74, 6) is 0. The van der Waals surface area contributed by atoms with Crippen LogP contribution < -0.4 is 5.56 Å². The Bertz CT molecular complexity index is 882. The fourth-order valence-corrected chi connectivity index (χ4v) is 2.99. The van der Waals surface area contributed by atoms with Gasteiger partial charge in [0.05, 0.1) is 0 Å². The molecule has 3 aromatic rings. The lowest BCUT2D eigenvalue weighted by atomic mass is 9.90. The molecule has 3 nitrogen and oxygen atoms in total. The van der Waals surface area contributed by atoms with E-state index in [-0.39, 0.29) is 12.2 Å². The first kappa shape index (κ1) is 14.8. The van der Waals surface area contributed by atoms with Crippen molar-refractivity contribution >= 4 is 22.5 Å². The maximum absolute atomic E-state index is 11.6. The summed E-state index contributed by atoms with van der Waals surface area (Å²) in [5.41, 5.74) is 4.88. The molecule has 0 aliphatic rings. The van der Waals surface area contributed by atoms with Crippen LogP contribution in [0.5, 0.6) is 0 Å². The number of benzene rings is 2. The van der Waals surface area contributed by atoms with Gasteiger partial charge in [0.1, 0.15) is 0 Å². The lowest BCUT2D eigenvalue weighted by Gasteiger charge is -2.16. The molecule has 0 bridgehead atoms. The summed E-state index contributed by atoms with van der Waals surface area (Å²) < 4.78 is 0. The fourth-order valence-electron chi connectivity index (χ4n) is 2.87. The summed E-state index contributed by atoms with van der Waals surface area (Å²) in [7, 11) is 0. The molecule has 0 saturated heterocycles. The van der Waals surface area contributed by atoms with Crippen LogP contribution in [-0.4, -0.2) is 16.7 Å². The van der Waals surface area contributed by atoms with Gasteiger partial charge < -0.3 is 10.1 Å². The number of aliphatic hydroxyl groups is 1. The first-order chi connectivity index (χ1) is 10.6. The van der Waals surface area contributed by atoms with Gasteiger partial charge in [-0.2, -0.15) is 0 Å². The van der Waals surface area contributed by atoms with E-state index in [1.807, 2.05) is 43.3 Å². The first-order valence-electron chi connectivity index (χ1n) is 7.12. The van der Waals surface area contributed by atoms with E-state index >= 15 is 0 Å². The smallest absolute Gasteiger partial charge is 0.248 e. The number of pyridine rings is 1. The van der Waals surface area contributed by atoms with Crippen molar-refractivity contribution in [3.63, 3.8) is 0 Å². The zero-order valence-corrected chi connectivity index (χ0v) is 12.9. The van der Waals surface area contributed by atoms with Crippen LogP contribution in [0.1, 0.15) is 11.1 Å². The molecule has 4 heteroatoms. The molecule has 0 aliphatic carbocycles. The molecule has 3 rings (SSSR count). The third-order valence-electron chi connectivity index (χ3n) is 3.85. The topological polar surface area (TPSA) is 53.1 Å². The van der Waals surface area contributed by atoms with Crippen LogP contribution in [0.4, 0.5) is 0 Å². The maximum atomic E-state index is 11.6. The highest BCUT2D eigenvalue weighted by Crippen LogP contribution is 2.34. The van der Waals surface area contributed by atoms with Gasteiger partial charge in [-0.3, -0.25) is 4.79 Å². The van der Waals surface area contributed by atoms with Crippen LogP contribution in [0.15, 0.2) is 47.3 Å². The lowest BCUT2D eigenvalue weighted by molar-refractivity contribution is 0.299. The second-order valence-corrected chi connectivity index (χ2v) is 5.75. The molecule has 1 heterocycles. The van der Waals surface area contributed by atoms with Crippen molar-refractivity contribution in [2.24, 2.45) is 0 Å². The normalized spacial score (nSPS) is 11.0. The zero-order valence-electron chi connectivity index (χ0n) is 12.2. The fraction of sp³-hybridized carbons (Fsp3) is 0.167. The third-order valence-corrected chi connectivity index (χ3v) is 4.10. The summed E-state index contributed by atoms with van der Waals surface area (Å²) in [6.07, 6.45) is 0.568. The van der Waals surface area contributed by atoms with Gasteiger partial charge in [0, 0.05) is 28.6 Å². The van der Waals surface area contributed by atoms with Crippen LogP contribution in [0.3, 0.4) is 0 Å². The summed E-state index contributed by atoms with van der Waals surface area (Å²) in [4.78, 5) is 14.5. The SMILES string of the molecule is Cc1cc2[nH]c(=O)ccc2c(-c2ccc(Cl)cc2)c1CCO. The van der Waals surface area contributed by atoms with E-state index in [0.29, 0.717) is 11.4 Å². The van der Waals surface area contributed by atoms with Gasteiger partial charge in [-0.25, -0.2) is 0 Å². The molecule has 0 spiro atoms. The molecule has 2 N–H and O–H groups in total. The van der Waals surface area contributed by atoms with E-state index in [2.05, 4.69) is 4.98 Å². The van der Waals surface area contributed by atoms with Crippen molar-refractivity contribution in [3.8, 4) is 11.1 Å². The van der Waals surface area contributed by atoms with Gasteiger partial charge in [-0.15, -0.1) is 0 Å². The van der Waals surface area contributed by atoms with Crippen molar-refractivity contribution in [1.82, 2.24) is 4.98 Å². The van der Waals surface area contributed by atoms with E-state index in [1.54, 1.807) is 0 Å². The van der Waals surface area contributed by atoms with Gasteiger partial charge in [0.2, 0.25) is 5.56 Å². The van der Waals surface area contributed by atoms with E-state index in [0.717, 1.165) is 33.2 Å². The van der Waals surface area contributed by atoms with Crippen molar-refractivity contribution in [3.05, 3.63) is 69.0 Å². The number of aromatic amines is 1. The van der Waals surface area contributed by atoms with Crippen molar-refractivity contribution < 1.29 is 5.11 Å². The monoisotopic (exact) mass is 313 g/mol. The Morgan fingerprint density at radius 1 is 1.14 bits per heavy atom. The molecule has 0 aliphatic heterocycles. The van der Waals surface area contributed by atoms with Crippen LogP contribution in [0.2, 0.25) is 5.02 Å². The maximum Gasteiger partial charge on any atom is 0.248 e. The summed E-state index contributed by atoms with van der Waals surface area (Å²) in [5, 5.41) is 11.0. The number of rotatable bonds is 3. The number of halogens is 1. The Morgan fingerprint density at radius 3 is 2.55 bits per heavy atom. The standard InChI is InChI=1S/C18H16ClNO2/c1-11-10-16-15(6-7-17(22)20-16)18(14(11)8-9-21)12-2-4-13(19)5-3-12/h2-7,10,21H,8-9H2,1H3,(H,20,22). The molecule has 0 unspecified atom stereocenters. The average Bonchev–Trinajstić information content (AvgIpc) is 2.49. The summed E-state index contributed by atoms with van der Waals surface area (Å²) in [6, 6.07) is 12.9. The summed E-state index contributed by atoms with van der Waals surface area (Å²) in [6.45, 7) is 2.07. The molecule has 22 heavy (non-hydrogen) atoms. The number of hydrogen-bond acceptors (Lipinski definition) is 2. The van der Waals surface area contributed by atoms with E-state index in [4.69, 9.17) is 11.6 Å². The number of aryl methyl sites for hydroxylation is 1. The van der Waals surface area contributed by atoms with Gasteiger partial charge in [0.25, 0.3) is 0 Å². The molecule has 0 radical (unpaired) electrons. The molecule has 0 fully saturated rings. The van der Waals surface area contributed by atoms with Crippen LogP contribution in [0, 0.1) is 6.92 Å². The Balaban J connectivity index is 2.39. The number of aromatic nitrogens is 1. The molecule has 1 aromatic heterocycles. The molecular formula is C18H16ClNO2. The molecule has 0 saturated carbocycles. The molecule has 0 amide bonds. The lowest BCUT2D eigenvalue weighted by Crippen LogP contribution is -2.05. The number of nitrogens with one attached hydrogen (secondary N) is 1. The number of hydrogen-bond donors (Lipinski definition) is 2. The van der Waals surface area contributed by atoms with E-state index in [9.17, 15) is 9.90 Å². The minimum absolute atomic E-state index is 0.0797. The van der Waals surface area contributed by atoms with Crippen molar-refractivity contribution in [2.75, 3.05) is 6.61 Å². The Kier molecular flexibility index (Phi) is 4.01. The van der Waals surface area contributed by atoms with E-state index < -0.39 is 0 Å². The minimum Gasteiger partial charge on any atom is -0.396 e. The second-order valence-electron chi connectivity index (χ2n) is 5.31. The van der Waals surface area contributed by atoms with Crippen LogP contribution >= 0.6 is 11.6 Å². The Labute approximate surface area is 133 Å². The molecule has 0 atom stereocenters. The second kappa shape index (κ2) is 5.95. The Morgan fingerprint density at radius 2 is 1.86 bits per heavy atom. The highest BCUT2D eigenvalue weighted by molar-refractivity contribution is 6.30. The molecular weight excluding hydrogens is 298 g/mol. The van der Waals surface area contributed by atoms with Gasteiger partial charge in [0.15, 0.2) is 0 Å². The highest BCUT2D eigenvalue weighted by atomic mass is 35.5. The quantitative estimate of drug-likeness (QED) is 0.775. The molecule has 112 valence electrons. The zero-order chi connectivity index (χ0) is 15.7. The van der Waals surface area contributed by atoms with Crippen LogP contribution in [-0.2, 0) is 6.42 Å². The predicted octanol–water partition coefficient (Wildman–Crippen LogP) is 3.69. The van der Waals surface area contributed by atoms with Crippen LogP contribution in [0.25, 0.3) is 22.0 Å². The predicted molar refractivity (Wildman–Crippen MR) is 90.5 cm³/mol. The summed E-state index contributed by atoms with van der Waals surface area (Å²) >= 11 is 5.98. The number of H-pyrrole nitrogens is 1. The van der Waals surface area contributed by atoms with Crippen molar-refractivity contribution in [2.45, 2.75) is 13.3 Å².